The highest BCUT2D eigenvalue weighted by Crippen LogP contribution is 2.31. The predicted octanol–water partition coefficient (Wildman–Crippen LogP) is 3.87. The molecule has 31 heavy (non-hydrogen) atoms. The summed E-state index contributed by atoms with van der Waals surface area (Å²) in [7, 11) is 0. The number of hydrogen-bond donors (Lipinski definition) is 1. The standard InChI is InChI=1S/C24H32N6O/c1-5-6-13-25-24(31)19-8-7-14-29(15-19)23-22-21(17(3)26-27-23)18(4)30(28-22)20-11-9-16(2)10-12-20/h9-12,19H,5-8,13-15H2,1-4H3,(H,25,31)/t19-/m1/s1. The van der Waals surface area contributed by atoms with Crippen LogP contribution in [0.15, 0.2) is 24.3 Å². The fourth-order valence-corrected chi connectivity index (χ4v) is 4.38. The van der Waals surface area contributed by atoms with Gasteiger partial charge in [0.05, 0.1) is 28.4 Å². The molecule has 1 aromatic carbocycles. The molecule has 0 radical (unpaired) electrons. The number of carbonyl (C=O) groups is 1. The van der Waals surface area contributed by atoms with Crippen LogP contribution in [0, 0.1) is 26.7 Å². The molecule has 7 nitrogen and oxygen atoms in total. The molecule has 1 amide bonds. The van der Waals surface area contributed by atoms with Crippen LogP contribution in [0.3, 0.4) is 0 Å². The smallest absolute Gasteiger partial charge is 0.224 e. The molecule has 1 N–H and O–H groups in total. The summed E-state index contributed by atoms with van der Waals surface area (Å²) in [6.45, 7) is 10.5. The molecule has 0 unspecified atom stereocenters. The van der Waals surface area contributed by atoms with Gasteiger partial charge in [0.15, 0.2) is 5.82 Å². The molecule has 164 valence electrons. The number of aromatic nitrogens is 4. The SMILES string of the molecule is CCCCNC(=O)[C@@H]1CCCN(c2nnc(C)c3c(C)n(-c4ccc(C)cc4)nc23)C1. The topological polar surface area (TPSA) is 75.9 Å². The van der Waals surface area contributed by atoms with Crippen molar-refractivity contribution in [1.82, 2.24) is 25.3 Å². The number of amides is 1. The van der Waals surface area contributed by atoms with Gasteiger partial charge >= 0.3 is 0 Å². The second-order valence-corrected chi connectivity index (χ2v) is 8.60. The first-order valence-electron chi connectivity index (χ1n) is 11.3. The molecular weight excluding hydrogens is 388 g/mol. The lowest BCUT2D eigenvalue weighted by molar-refractivity contribution is -0.125. The number of anilines is 1. The molecule has 1 saturated heterocycles. The molecule has 1 fully saturated rings. The molecule has 1 aliphatic heterocycles. The third-order valence-electron chi connectivity index (χ3n) is 6.18. The first kappa shape index (κ1) is 21.3. The number of hydrogen-bond acceptors (Lipinski definition) is 5. The fourth-order valence-electron chi connectivity index (χ4n) is 4.38. The van der Waals surface area contributed by atoms with Crippen LogP contribution >= 0.6 is 0 Å². The summed E-state index contributed by atoms with van der Waals surface area (Å²) < 4.78 is 1.98. The summed E-state index contributed by atoms with van der Waals surface area (Å²) in [6.07, 6.45) is 3.97. The second-order valence-electron chi connectivity index (χ2n) is 8.60. The van der Waals surface area contributed by atoms with E-state index in [1.807, 2.05) is 11.6 Å². The predicted molar refractivity (Wildman–Crippen MR) is 124 cm³/mol. The zero-order chi connectivity index (χ0) is 22.0. The number of fused-ring (bicyclic) bond motifs is 1. The molecule has 0 saturated carbocycles. The van der Waals surface area contributed by atoms with E-state index < -0.39 is 0 Å². The van der Waals surface area contributed by atoms with Crippen molar-refractivity contribution >= 4 is 22.6 Å². The van der Waals surface area contributed by atoms with Crippen LogP contribution in [0.25, 0.3) is 16.6 Å². The van der Waals surface area contributed by atoms with Gasteiger partial charge in [-0.15, -0.1) is 5.10 Å². The van der Waals surface area contributed by atoms with E-state index in [4.69, 9.17) is 5.10 Å². The Morgan fingerprint density at radius 3 is 2.68 bits per heavy atom. The average molecular weight is 421 g/mol. The van der Waals surface area contributed by atoms with Crippen molar-refractivity contribution in [2.75, 3.05) is 24.5 Å². The minimum Gasteiger partial charge on any atom is -0.356 e. The van der Waals surface area contributed by atoms with Gasteiger partial charge in [0.1, 0.15) is 5.52 Å². The third-order valence-corrected chi connectivity index (χ3v) is 6.18. The third kappa shape index (κ3) is 4.27. The molecular formula is C24H32N6O. The van der Waals surface area contributed by atoms with Gasteiger partial charge in [-0.1, -0.05) is 31.0 Å². The molecule has 0 bridgehead atoms. The number of unbranched alkanes of at least 4 members (excludes halogenated alkanes) is 1. The van der Waals surface area contributed by atoms with Crippen molar-refractivity contribution in [3.8, 4) is 5.69 Å². The summed E-state index contributed by atoms with van der Waals surface area (Å²) in [5.74, 6) is 0.903. The van der Waals surface area contributed by atoms with Gasteiger partial charge in [-0.25, -0.2) is 4.68 Å². The van der Waals surface area contributed by atoms with E-state index in [1.54, 1.807) is 0 Å². The maximum atomic E-state index is 12.6. The molecule has 0 spiro atoms. The largest absolute Gasteiger partial charge is 0.356 e. The van der Waals surface area contributed by atoms with Gasteiger partial charge in [-0.05, 0) is 52.2 Å². The van der Waals surface area contributed by atoms with Crippen LogP contribution in [0.5, 0.6) is 0 Å². The van der Waals surface area contributed by atoms with Crippen LogP contribution in [0.4, 0.5) is 5.82 Å². The minimum absolute atomic E-state index is 0.0240. The highest BCUT2D eigenvalue weighted by Gasteiger charge is 2.29. The van der Waals surface area contributed by atoms with Crippen molar-refractivity contribution in [2.24, 2.45) is 5.92 Å². The van der Waals surface area contributed by atoms with Crippen LogP contribution < -0.4 is 10.2 Å². The van der Waals surface area contributed by atoms with Gasteiger partial charge in [0.25, 0.3) is 0 Å². The monoisotopic (exact) mass is 420 g/mol. The van der Waals surface area contributed by atoms with Gasteiger partial charge < -0.3 is 10.2 Å². The number of nitrogens with one attached hydrogen (secondary N) is 1. The van der Waals surface area contributed by atoms with E-state index in [9.17, 15) is 4.79 Å². The van der Waals surface area contributed by atoms with E-state index in [0.29, 0.717) is 6.54 Å². The van der Waals surface area contributed by atoms with Gasteiger partial charge in [0.2, 0.25) is 5.91 Å². The summed E-state index contributed by atoms with van der Waals surface area (Å²) in [6, 6.07) is 8.36. The molecule has 7 heteroatoms. The molecule has 3 aromatic rings. The van der Waals surface area contributed by atoms with E-state index >= 15 is 0 Å². The lowest BCUT2D eigenvalue weighted by atomic mass is 9.97. The van der Waals surface area contributed by atoms with Crippen molar-refractivity contribution in [3.05, 3.63) is 41.2 Å². The fraction of sp³-hybridized carbons (Fsp3) is 0.500. The van der Waals surface area contributed by atoms with Gasteiger partial charge in [0, 0.05) is 19.6 Å². The Labute approximate surface area is 183 Å². The average Bonchev–Trinajstić information content (AvgIpc) is 3.13. The van der Waals surface area contributed by atoms with Crippen molar-refractivity contribution < 1.29 is 4.79 Å². The quantitative estimate of drug-likeness (QED) is 0.613. The van der Waals surface area contributed by atoms with Gasteiger partial charge in [-0.2, -0.15) is 10.2 Å². The summed E-state index contributed by atoms with van der Waals surface area (Å²) in [5, 5.41) is 18.1. The molecule has 1 aliphatic rings. The number of carbonyl (C=O) groups excluding carboxylic acids is 1. The van der Waals surface area contributed by atoms with E-state index in [0.717, 1.165) is 72.6 Å². The van der Waals surface area contributed by atoms with E-state index in [-0.39, 0.29) is 11.8 Å². The maximum absolute atomic E-state index is 12.6. The Bertz CT molecular complexity index is 1070. The summed E-state index contributed by atoms with van der Waals surface area (Å²) in [5.41, 5.74) is 5.03. The highest BCUT2D eigenvalue weighted by molar-refractivity contribution is 5.92. The van der Waals surface area contributed by atoms with Crippen LogP contribution in [-0.4, -0.2) is 45.5 Å². The Morgan fingerprint density at radius 2 is 1.94 bits per heavy atom. The minimum atomic E-state index is -0.0240. The van der Waals surface area contributed by atoms with E-state index in [2.05, 4.69) is 65.5 Å². The lowest BCUT2D eigenvalue weighted by Gasteiger charge is -2.32. The van der Waals surface area contributed by atoms with Gasteiger partial charge in [-0.3, -0.25) is 4.79 Å². The van der Waals surface area contributed by atoms with Crippen molar-refractivity contribution in [2.45, 2.75) is 53.4 Å². The normalized spacial score (nSPS) is 16.6. The van der Waals surface area contributed by atoms with Crippen LogP contribution in [-0.2, 0) is 4.79 Å². The number of nitrogens with zero attached hydrogens (tertiary/aromatic N) is 5. The molecule has 2 aromatic heterocycles. The zero-order valence-electron chi connectivity index (χ0n) is 19.0. The number of aryl methyl sites for hydroxylation is 3. The number of benzene rings is 1. The van der Waals surface area contributed by atoms with Crippen LogP contribution in [0.2, 0.25) is 0 Å². The van der Waals surface area contributed by atoms with Crippen molar-refractivity contribution in [3.63, 3.8) is 0 Å². The lowest BCUT2D eigenvalue weighted by Crippen LogP contribution is -2.43. The van der Waals surface area contributed by atoms with E-state index in [1.165, 1.54) is 5.56 Å². The zero-order valence-corrected chi connectivity index (χ0v) is 19.0. The Kier molecular flexibility index (Phi) is 6.20. The molecule has 4 rings (SSSR count). The van der Waals surface area contributed by atoms with Crippen LogP contribution in [0.1, 0.15) is 49.6 Å². The molecule has 0 aliphatic carbocycles. The Morgan fingerprint density at radius 1 is 1.16 bits per heavy atom. The first-order chi connectivity index (χ1) is 15.0. The molecule has 3 heterocycles. The highest BCUT2D eigenvalue weighted by atomic mass is 16.1. The Hall–Kier alpha value is -2.96. The second kappa shape index (κ2) is 9.04. The number of piperidine rings is 1. The molecule has 1 atom stereocenters. The van der Waals surface area contributed by atoms with Crippen molar-refractivity contribution in [1.29, 1.82) is 0 Å². The Balaban J connectivity index is 1.66. The maximum Gasteiger partial charge on any atom is 0.224 e. The summed E-state index contributed by atoms with van der Waals surface area (Å²) >= 11 is 0. The summed E-state index contributed by atoms with van der Waals surface area (Å²) in [4.78, 5) is 14.8. The first-order valence-corrected chi connectivity index (χ1v) is 11.3. The number of rotatable bonds is 6.